The Balaban J connectivity index is 6.62. The van der Waals surface area contributed by atoms with E-state index in [-0.39, 0.29) is 0 Å². The molecule has 0 heterocycles. The topological polar surface area (TPSA) is 56.8 Å². The van der Waals surface area contributed by atoms with Crippen LogP contribution in [0, 0.1) is 0 Å². The standard InChI is InChI=1S/C17H16F21NO4Si/c1-41-44(42-2,43-3)6-4-5-39-7(40)8(18,19)9(20,21)10(22,23)11(24,25)12(26,27)13(28,29)14(30,31)15(32,33)16(34,35)17(36,37)38/h4-6H2,1-3H3,(H,39,40). The van der Waals surface area contributed by atoms with Crippen molar-refractivity contribution >= 4 is 14.7 Å². The monoisotopic (exact) mass is 725 g/mol. The maximum absolute atomic E-state index is 13.9. The average molecular weight is 725 g/mol. The maximum atomic E-state index is 13.9. The van der Waals surface area contributed by atoms with Gasteiger partial charge in [0, 0.05) is 33.9 Å². The molecule has 0 rings (SSSR count). The normalized spacial score (nSPS) is 15.9. The zero-order chi connectivity index (χ0) is 36.0. The molecule has 27 heteroatoms. The van der Waals surface area contributed by atoms with Gasteiger partial charge in [0.1, 0.15) is 0 Å². The van der Waals surface area contributed by atoms with Gasteiger partial charge < -0.3 is 18.6 Å². The van der Waals surface area contributed by atoms with Crippen LogP contribution in [0.25, 0.3) is 0 Å². The Morgan fingerprint density at radius 1 is 0.500 bits per heavy atom. The third-order valence-electron chi connectivity index (χ3n) is 5.67. The van der Waals surface area contributed by atoms with Crippen molar-refractivity contribution in [3.8, 4) is 0 Å². The van der Waals surface area contributed by atoms with Crippen LogP contribution in [0.1, 0.15) is 6.42 Å². The number of carbonyl (C=O) groups excluding carboxylic acids is 1. The van der Waals surface area contributed by atoms with Gasteiger partial charge in [-0.2, -0.15) is 92.2 Å². The van der Waals surface area contributed by atoms with E-state index in [9.17, 15) is 97.0 Å². The minimum Gasteiger partial charge on any atom is -0.377 e. The second-order valence-electron chi connectivity index (χ2n) is 8.32. The molecule has 0 saturated carbocycles. The van der Waals surface area contributed by atoms with Crippen LogP contribution in [-0.4, -0.2) is 102 Å². The molecule has 0 atom stereocenters. The van der Waals surface area contributed by atoms with Crippen LogP contribution < -0.4 is 5.32 Å². The molecule has 0 aromatic carbocycles. The van der Waals surface area contributed by atoms with Gasteiger partial charge in [-0.25, -0.2) is 0 Å². The summed E-state index contributed by atoms with van der Waals surface area (Å²) in [7, 11) is -0.706. The fraction of sp³-hybridized carbons (Fsp3) is 0.941. The molecule has 0 aliphatic heterocycles. The largest absolute Gasteiger partial charge is 0.500 e. The van der Waals surface area contributed by atoms with Gasteiger partial charge in [0.15, 0.2) is 0 Å². The van der Waals surface area contributed by atoms with Crippen molar-refractivity contribution in [2.75, 3.05) is 27.9 Å². The molecule has 0 unspecified atom stereocenters. The first-order valence-corrected chi connectivity index (χ1v) is 12.4. The summed E-state index contributed by atoms with van der Waals surface area (Å²) in [4.78, 5) is 11.4. The Hall–Kier alpha value is -1.90. The van der Waals surface area contributed by atoms with Crippen molar-refractivity contribution < 1.29 is 110 Å². The summed E-state index contributed by atoms with van der Waals surface area (Å²) in [5, 5.41) is 0.705. The van der Waals surface area contributed by atoms with Gasteiger partial charge in [-0.3, -0.25) is 4.79 Å². The summed E-state index contributed by atoms with van der Waals surface area (Å²) < 4.78 is 295. The second kappa shape index (κ2) is 12.0. The van der Waals surface area contributed by atoms with E-state index >= 15 is 0 Å². The van der Waals surface area contributed by atoms with Gasteiger partial charge in [0.25, 0.3) is 5.91 Å². The lowest BCUT2D eigenvalue weighted by Crippen LogP contribution is -2.77. The zero-order valence-corrected chi connectivity index (χ0v) is 22.2. The smallest absolute Gasteiger partial charge is 0.377 e. The van der Waals surface area contributed by atoms with E-state index in [4.69, 9.17) is 13.3 Å². The summed E-state index contributed by atoms with van der Waals surface area (Å²) in [5.41, 5.74) is 0. The quantitative estimate of drug-likeness (QED) is 0.110. The first-order valence-electron chi connectivity index (χ1n) is 10.5. The van der Waals surface area contributed by atoms with Gasteiger partial charge in [-0.1, -0.05) is 0 Å². The van der Waals surface area contributed by atoms with E-state index in [1.807, 2.05) is 0 Å². The number of carbonyl (C=O) groups is 1. The van der Waals surface area contributed by atoms with Gasteiger partial charge in [0.2, 0.25) is 0 Å². The van der Waals surface area contributed by atoms with Crippen molar-refractivity contribution in [2.45, 2.75) is 71.9 Å². The lowest BCUT2D eigenvalue weighted by Gasteiger charge is -2.44. The first kappa shape index (κ1) is 42.1. The molecule has 1 N–H and O–H groups in total. The summed E-state index contributed by atoms with van der Waals surface area (Å²) in [6, 6.07) is -0.486. The van der Waals surface area contributed by atoms with Crippen LogP contribution in [-0.2, 0) is 18.1 Å². The highest BCUT2D eigenvalue weighted by Gasteiger charge is 2.98. The Morgan fingerprint density at radius 2 is 0.773 bits per heavy atom. The molecule has 5 nitrogen and oxygen atoms in total. The van der Waals surface area contributed by atoms with Gasteiger partial charge in [0.05, 0.1) is 0 Å². The van der Waals surface area contributed by atoms with Crippen molar-refractivity contribution in [3.63, 3.8) is 0 Å². The molecule has 0 aliphatic carbocycles. The van der Waals surface area contributed by atoms with E-state index < -0.39 is 93.2 Å². The SMILES string of the molecule is CO[Si](CCCNC(=O)C(F)(F)C(F)(F)C(F)(F)C(F)(F)C(F)(F)C(F)(F)C(F)(F)C(F)(F)C(F)(F)C(F)(F)F)(OC)OC. The molecule has 0 spiro atoms. The highest BCUT2D eigenvalue weighted by molar-refractivity contribution is 6.60. The fourth-order valence-electron chi connectivity index (χ4n) is 2.87. The average Bonchev–Trinajstić information content (AvgIpc) is 2.87. The molecule has 44 heavy (non-hydrogen) atoms. The molecule has 0 aromatic rings. The minimum atomic E-state index is -9.28. The van der Waals surface area contributed by atoms with E-state index in [1.165, 1.54) is 0 Å². The van der Waals surface area contributed by atoms with Crippen LogP contribution in [0.2, 0.25) is 6.04 Å². The van der Waals surface area contributed by atoms with Gasteiger partial charge in [-0.05, 0) is 6.42 Å². The fourth-order valence-corrected chi connectivity index (χ4v) is 4.60. The van der Waals surface area contributed by atoms with Gasteiger partial charge in [-0.15, -0.1) is 0 Å². The zero-order valence-electron chi connectivity index (χ0n) is 21.2. The molecular weight excluding hydrogens is 709 g/mol. The molecule has 0 bridgehead atoms. The molecule has 0 saturated heterocycles. The second-order valence-corrected chi connectivity index (χ2v) is 11.4. The number of hydrogen-bond donors (Lipinski definition) is 1. The third kappa shape index (κ3) is 5.88. The van der Waals surface area contributed by atoms with Crippen molar-refractivity contribution in [3.05, 3.63) is 0 Å². The highest BCUT2D eigenvalue weighted by Crippen LogP contribution is 2.66. The van der Waals surface area contributed by atoms with Crippen LogP contribution in [0.4, 0.5) is 92.2 Å². The molecule has 0 fully saturated rings. The van der Waals surface area contributed by atoms with Crippen LogP contribution in [0.15, 0.2) is 0 Å². The van der Waals surface area contributed by atoms with Crippen LogP contribution >= 0.6 is 0 Å². The predicted molar refractivity (Wildman–Crippen MR) is 99.8 cm³/mol. The van der Waals surface area contributed by atoms with Crippen molar-refractivity contribution in [1.82, 2.24) is 5.32 Å². The molecule has 0 radical (unpaired) electrons. The Morgan fingerprint density at radius 3 is 1.05 bits per heavy atom. The number of hydrogen-bond acceptors (Lipinski definition) is 4. The lowest BCUT2D eigenvalue weighted by atomic mass is 9.86. The van der Waals surface area contributed by atoms with Crippen LogP contribution in [0.3, 0.4) is 0 Å². The molecule has 1 amide bonds. The number of rotatable bonds is 16. The summed E-state index contributed by atoms with van der Waals surface area (Å²) in [5.74, 6) is -82.6. The highest BCUT2D eigenvalue weighted by atomic mass is 28.4. The molecule has 264 valence electrons. The van der Waals surface area contributed by atoms with E-state index in [0.717, 1.165) is 21.3 Å². The van der Waals surface area contributed by atoms with Crippen molar-refractivity contribution in [1.29, 1.82) is 0 Å². The first-order chi connectivity index (χ1) is 19.1. The number of nitrogens with one attached hydrogen (secondary N) is 1. The number of halogens is 21. The Labute approximate surface area is 231 Å². The lowest BCUT2D eigenvalue weighted by molar-refractivity contribution is -0.472. The number of amides is 1. The maximum Gasteiger partial charge on any atom is 0.500 e. The van der Waals surface area contributed by atoms with Gasteiger partial charge >= 0.3 is 68.3 Å². The Kier molecular flexibility index (Phi) is 11.5. The summed E-state index contributed by atoms with van der Waals surface area (Å²) in [6.45, 7) is -1.31. The summed E-state index contributed by atoms with van der Waals surface area (Å²) >= 11 is 0. The minimum absolute atomic E-state index is 0.486. The predicted octanol–water partition coefficient (Wildman–Crippen LogP) is 6.65. The molecule has 0 aliphatic rings. The third-order valence-corrected chi connectivity index (χ3v) is 8.51. The van der Waals surface area contributed by atoms with E-state index in [0.29, 0.717) is 5.32 Å². The van der Waals surface area contributed by atoms with Crippen LogP contribution in [0.5, 0.6) is 0 Å². The van der Waals surface area contributed by atoms with E-state index in [1.54, 1.807) is 0 Å². The van der Waals surface area contributed by atoms with E-state index in [2.05, 4.69) is 0 Å². The molecular formula is C17H16F21NO4Si. The molecule has 0 aromatic heterocycles. The Bertz CT molecular complexity index is 1000. The number of alkyl halides is 21. The summed E-state index contributed by atoms with van der Waals surface area (Å²) in [6.07, 6.45) is -8.75. The van der Waals surface area contributed by atoms with Crippen molar-refractivity contribution in [2.24, 2.45) is 0 Å².